The Bertz CT molecular complexity index is 1010. The zero-order chi connectivity index (χ0) is 20.1. The third-order valence-corrected chi connectivity index (χ3v) is 4.17. The number of nitrogens with zero attached hydrogens (tertiary/aromatic N) is 3. The van der Waals surface area contributed by atoms with Gasteiger partial charge in [-0.1, -0.05) is 41.4 Å². The molecule has 0 spiro atoms. The first-order chi connectivity index (χ1) is 12.8. The average molecular weight is 411 g/mol. The Morgan fingerprint density at radius 3 is 1.81 bits per heavy atom. The quantitative estimate of drug-likeness (QED) is 0.699. The number of hydrogen-bond acceptors (Lipinski definition) is 4. The Kier molecular flexibility index (Phi) is 6.59. The maximum atomic E-state index is 12.5. The molecule has 1 aromatic carbocycles. The highest BCUT2D eigenvalue weighted by Gasteiger charge is 2.17. The van der Waals surface area contributed by atoms with Crippen LogP contribution in [-0.4, -0.2) is 19.6 Å². The normalized spacial score (nSPS) is 10.4. The van der Waals surface area contributed by atoms with Crippen LogP contribution in [0.2, 0.25) is 10.0 Å². The predicted octanol–water partition coefficient (Wildman–Crippen LogP) is 1.49. The maximum Gasteiger partial charge on any atom is 0.337 e. The summed E-state index contributed by atoms with van der Waals surface area (Å²) in [5.74, 6) is -0.710. The summed E-state index contributed by atoms with van der Waals surface area (Å²) in [5, 5.41) is 2.86. The van der Waals surface area contributed by atoms with Gasteiger partial charge in [0, 0.05) is 0 Å². The summed E-state index contributed by atoms with van der Waals surface area (Å²) < 4.78 is 2.25. The second-order valence-electron chi connectivity index (χ2n) is 5.38. The first-order valence-corrected chi connectivity index (χ1v) is 8.47. The van der Waals surface area contributed by atoms with Gasteiger partial charge in [0.25, 0.3) is 0 Å². The number of benzene rings is 1. The largest absolute Gasteiger partial charge is 0.337 e. The van der Waals surface area contributed by atoms with Crippen molar-refractivity contribution in [2.45, 2.75) is 19.6 Å². The fourth-order valence-electron chi connectivity index (χ4n) is 2.33. The van der Waals surface area contributed by atoms with Gasteiger partial charge in [-0.15, -0.1) is 13.2 Å². The summed E-state index contributed by atoms with van der Waals surface area (Å²) in [5.41, 5.74) is -2.50. The van der Waals surface area contributed by atoms with Crippen LogP contribution in [0.4, 0.5) is 5.69 Å². The highest BCUT2D eigenvalue weighted by molar-refractivity contribution is 6.39. The first-order valence-electron chi connectivity index (χ1n) is 7.72. The van der Waals surface area contributed by atoms with E-state index in [0.717, 1.165) is 9.13 Å². The van der Waals surface area contributed by atoms with Gasteiger partial charge in [0.05, 0.1) is 28.8 Å². The van der Waals surface area contributed by atoms with Crippen molar-refractivity contribution >= 4 is 34.8 Å². The number of amides is 1. The third-order valence-electron chi connectivity index (χ3n) is 3.54. The van der Waals surface area contributed by atoms with Crippen LogP contribution in [0, 0.1) is 0 Å². The highest BCUT2D eigenvalue weighted by atomic mass is 35.5. The number of halogens is 2. The fraction of sp³-hybridized carbons (Fsp3) is 0.176. The van der Waals surface area contributed by atoms with Crippen LogP contribution in [-0.2, 0) is 24.4 Å². The zero-order valence-corrected chi connectivity index (χ0v) is 15.7. The van der Waals surface area contributed by atoms with Gasteiger partial charge in [-0.05, 0) is 12.1 Å². The van der Waals surface area contributed by atoms with E-state index in [4.69, 9.17) is 23.2 Å². The number of allylic oxidation sites excluding steroid dienone is 2. The summed E-state index contributed by atoms with van der Waals surface area (Å²) >= 11 is 12.0. The van der Waals surface area contributed by atoms with Crippen molar-refractivity contribution in [1.82, 2.24) is 13.7 Å². The molecule has 0 fully saturated rings. The number of carbonyl (C=O) groups is 1. The smallest absolute Gasteiger partial charge is 0.322 e. The molecule has 0 aliphatic carbocycles. The second kappa shape index (κ2) is 8.70. The molecule has 0 unspecified atom stereocenters. The number of rotatable bonds is 7. The van der Waals surface area contributed by atoms with Crippen LogP contribution in [0.5, 0.6) is 0 Å². The summed E-state index contributed by atoms with van der Waals surface area (Å²) in [7, 11) is 0. The monoisotopic (exact) mass is 410 g/mol. The lowest BCUT2D eigenvalue weighted by molar-refractivity contribution is -0.116. The van der Waals surface area contributed by atoms with E-state index in [9.17, 15) is 19.2 Å². The van der Waals surface area contributed by atoms with Crippen molar-refractivity contribution in [1.29, 1.82) is 0 Å². The summed E-state index contributed by atoms with van der Waals surface area (Å²) in [4.78, 5) is 49.6. The molecule has 0 saturated heterocycles. The summed E-state index contributed by atoms with van der Waals surface area (Å²) in [6.45, 7) is 6.09. The van der Waals surface area contributed by atoms with Crippen LogP contribution < -0.4 is 22.4 Å². The van der Waals surface area contributed by atoms with Crippen molar-refractivity contribution in [2.24, 2.45) is 0 Å². The van der Waals surface area contributed by atoms with Crippen LogP contribution in [0.3, 0.4) is 0 Å². The Balaban J connectivity index is 2.49. The molecule has 1 aromatic heterocycles. The fourth-order valence-corrected chi connectivity index (χ4v) is 2.82. The topological polar surface area (TPSA) is 95.1 Å². The lowest BCUT2D eigenvalue weighted by atomic mass is 10.3. The average Bonchev–Trinajstić information content (AvgIpc) is 2.62. The molecular weight excluding hydrogens is 395 g/mol. The molecule has 0 aliphatic rings. The number of para-hydroxylation sites is 1. The predicted molar refractivity (Wildman–Crippen MR) is 105 cm³/mol. The second-order valence-corrected chi connectivity index (χ2v) is 6.19. The van der Waals surface area contributed by atoms with Gasteiger partial charge in [0.1, 0.15) is 6.54 Å². The SMILES string of the molecule is C=CCn1c(=O)n(CC=C)c(=O)n(CC(=O)Nc2c(Cl)cccc2Cl)c1=O. The van der Waals surface area contributed by atoms with E-state index in [1.165, 1.54) is 24.3 Å². The molecule has 0 aliphatic heterocycles. The van der Waals surface area contributed by atoms with Gasteiger partial charge in [0.15, 0.2) is 0 Å². The molecule has 2 aromatic rings. The standard InChI is InChI=1S/C17H16Cl2N4O4/c1-3-8-21-15(25)22(9-4-2)17(27)23(16(21)26)10-13(24)20-14-11(18)6-5-7-12(14)19/h3-7H,1-2,8-10H2,(H,20,24). The molecule has 8 nitrogen and oxygen atoms in total. The molecule has 142 valence electrons. The van der Waals surface area contributed by atoms with Crippen LogP contribution in [0.15, 0.2) is 57.9 Å². The van der Waals surface area contributed by atoms with Gasteiger partial charge >= 0.3 is 17.1 Å². The molecule has 0 radical (unpaired) electrons. The third kappa shape index (κ3) is 4.29. The molecular formula is C17H16Cl2N4O4. The molecule has 10 heteroatoms. The van der Waals surface area contributed by atoms with E-state index in [0.29, 0.717) is 4.57 Å². The van der Waals surface area contributed by atoms with Crippen LogP contribution in [0.1, 0.15) is 0 Å². The number of carbonyl (C=O) groups excluding carboxylic acids is 1. The van der Waals surface area contributed by atoms with E-state index in [1.54, 1.807) is 6.07 Å². The Hall–Kier alpha value is -2.84. The molecule has 1 heterocycles. The summed E-state index contributed by atoms with van der Waals surface area (Å²) in [6.07, 6.45) is 2.67. The first kappa shape index (κ1) is 20.5. The highest BCUT2D eigenvalue weighted by Crippen LogP contribution is 2.29. The Labute approximate surface area is 163 Å². The lowest BCUT2D eigenvalue weighted by Crippen LogP contribution is -2.55. The Morgan fingerprint density at radius 2 is 1.37 bits per heavy atom. The van der Waals surface area contributed by atoms with Gasteiger partial charge in [-0.25, -0.2) is 28.1 Å². The minimum Gasteiger partial charge on any atom is -0.322 e. The summed E-state index contributed by atoms with van der Waals surface area (Å²) in [6, 6.07) is 4.65. The van der Waals surface area contributed by atoms with Gasteiger partial charge in [-0.2, -0.15) is 0 Å². The van der Waals surface area contributed by atoms with Crippen molar-refractivity contribution in [3.63, 3.8) is 0 Å². The molecule has 1 amide bonds. The minimum atomic E-state index is -0.925. The molecule has 2 rings (SSSR count). The minimum absolute atomic E-state index is 0.118. The molecule has 0 bridgehead atoms. The molecule has 0 saturated carbocycles. The van der Waals surface area contributed by atoms with Gasteiger partial charge < -0.3 is 5.32 Å². The number of hydrogen-bond donors (Lipinski definition) is 1. The van der Waals surface area contributed by atoms with Crippen LogP contribution >= 0.6 is 23.2 Å². The number of nitrogens with one attached hydrogen (secondary N) is 1. The van der Waals surface area contributed by atoms with Crippen molar-refractivity contribution in [3.05, 3.63) is 85.0 Å². The van der Waals surface area contributed by atoms with Crippen molar-refractivity contribution in [2.75, 3.05) is 5.32 Å². The number of aromatic nitrogens is 3. The van der Waals surface area contributed by atoms with Crippen molar-refractivity contribution < 1.29 is 4.79 Å². The van der Waals surface area contributed by atoms with E-state index >= 15 is 0 Å². The van der Waals surface area contributed by atoms with E-state index in [1.807, 2.05) is 0 Å². The Morgan fingerprint density at radius 1 is 0.926 bits per heavy atom. The van der Waals surface area contributed by atoms with E-state index in [2.05, 4.69) is 18.5 Å². The van der Waals surface area contributed by atoms with Gasteiger partial charge in [-0.3, -0.25) is 4.79 Å². The van der Waals surface area contributed by atoms with E-state index < -0.39 is 29.5 Å². The zero-order valence-electron chi connectivity index (χ0n) is 14.2. The van der Waals surface area contributed by atoms with Crippen molar-refractivity contribution in [3.8, 4) is 0 Å². The van der Waals surface area contributed by atoms with Crippen LogP contribution in [0.25, 0.3) is 0 Å². The van der Waals surface area contributed by atoms with E-state index in [-0.39, 0.29) is 28.8 Å². The molecule has 1 N–H and O–H groups in total. The maximum absolute atomic E-state index is 12.5. The molecule has 27 heavy (non-hydrogen) atoms. The number of anilines is 1. The van der Waals surface area contributed by atoms with Gasteiger partial charge in [0.2, 0.25) is 5.91 Å². The molecule has 0 atom stereocenters. The lowest BCUT2D eigenvalue weighted by Gasteiger charge is -2.13.